The highest BCUT2D eigenvalue weighted by Crippen LogP contribution is 2.37. The maximum Gasteiger partial charge on any atom is 0.266 e. The number of hydrogen-bond donors (Lipinski definition) is 0. The Morgan fingerprint density at radius 3 is 2.47 bits per heavy atom. The van der Waals surface area contributed by atoms with Crippen LogP contribution in [0.2, 0.25) is 0 Å². The number of nitrogens with zero attached hydrogens (tertiary/aromatic N) is 3. The van der Waals surface area contributed by atoms with Crippen LogP contribution in [0, 0.1) is 27.7 Å². The summed E-state index contributed by atoms with van der Waals surface area (Å²) in [6.45, 7) is 11.8. The van der Waals surface area contributed by atoms with Gasteiger partial charge in [0.1, 0.15) is 0 Å². The number of para-hydroxylation sites is 1. The minimum absolute atomic E-state index is 0.0153. The van der Waals surface area contributed by atoms with Crippen molar-refractivity contribution in [1.82, 2.24) is 9.47 Å². The number of amides is 1. The second-order valence-corrected chi connectivity index (χ2v) is 10.4. The van der Waals surface area contributed by atoms with Gasteiger partial charge in [-0.2, -0.15) is 0 Å². The zero-order chi connectivity index (χ0) is 25.4. The predicted molar refractivity (Wildman–Crippen MR) is 153 cm³/mol. The van der Waals surface area contributed by atoms with E-state index in [2.05, 4.69) is 105 Å². The molecule has 2 heterocycles. The average molecular weight is 494 g/mol. The summed E-state index contributed by atoms with van der Waals surface area (Å²) in [5.41, 5.74) is 9.12. The van der Waals surface area contributed by atoms with Gasteiger partial charge in [0.15, 0.2) is 5.17 Å². The van der Waals surface area contributed by atoms with Crippen LogP contribution in [0.5, 0.6) is 0 Å². The first kappa shape index (κ1) is 24.1. The molecule has 0 saturated carbocycles. The highest BCUT2D eigenvalue weighted by molar-refractivity contribution is 8.18. The zero-order valence-corrected chi connectivity index (χ0v) is 22.3. The van der Waals surface area contributed by atoms with Crippen LogP contribution in [0.15, 0.2) is 76.6 Å². The Morgan fingerprint density at radius 1 is 0.917 bits per heavy atom. The van der Waals surface area contributed by atoms with Gasteiger partial charge in [0, 0.05) is 35.2 Å². The Bertz CT molecular complexity index is 1540. The van der Waals surface area contributed by atoms with Crippen molar-refractivity contribution in [2.75, 3.05) is 6.54 Å². The Balaban J connectivity index is 1.57. The van der Waals surface area contributed by atoms with Crippen molar-refractivity contribution in [3.63, 3.8) is 0 Å². The Morgan fingerprint density at radius 2 is 1.69 bits per heavy atom. The molecule has 1 amide bonds. The molecule has 1 fully saturated rings. The maximum atomic E-state index is 13.4. The number of aromatic nitrogens is 1. The third kappa shape index (κ3) is 4.51. The van der Waals surface area contributed by atoms with Crippen molar-refractivity contribution in [2.45, 2.75) is 41.2 Å². The normalized spacial score (nSPS) is 16.1. The van der Waals surface area contributed by atoms with Crippen molar-refractivity contribution in [3.8, 4) is 0 Å². The molecule has 0 N–H and O–H groups in total. The van der Waals surface area contributed by atoms with Crippen LogP contribution in [0.25, 0.3) is 17.0 Å². The van der Waals surface area contributed by atoms with E-state index in [-0.39, 0.29) is 5.91 Å². The molecule has 5 rings (SSSR count). The van der Waals surface area contributed by atoms with E-state index in [0.29, 0.717) is 11.4 Å². The fraction of sp³-hybridized carbons (Fsp3) is 0.226. The number of amidine groups is 1. The van der Waals surface area contributed by atoms with Crippen molar-refractivity contribution in [2.24, 2.45) is 4.99 Å². The van der Waals surface area contributed by atoms with Crippen molar-refractivity contribution in [1.29, 1.82) is 0 Å². The number of hydrogen-bond acceptors (Lipinski definition) is 3. The van der Waals surface area contributed by atoms with E-state index in [0.717, 1.165) is 45.2 Å². The van der Waals surface area contributed by atoms with Gasteiger partial charge in [0.25, 0.3) is 5.91 Å². The van der Waals surface area contributed by atoms with Gasteiger partial charge in [-0.05, 0) is 81.3 Å². The lowest BCUT2D eigenvalue weighted by atomic mass is 10.1. The number of likely N-dealkylation sites (N-methyl/N-ethyl adjacent to an activating group) is 1. The third-order valence-corrected chi connectivity index (χ3v) is 7.77. The number of thioether (sulfide) groups is 1. The summed E-state index contributed by atoms with van der Waals surface area (Å²) in [6, 6.07) is 23.3. The van der Waals surface area contributed by atoms with Gasteiger partial charge in [-0.25, -0.2) is 4.99 Å². The van der Waals surface area contributed by atoms with Crippen LogP contribution in [-0.2, 0) is 11.3 Å². The number of fused-ring (bicyclic) bond motifs is 1. The number of rotatable bonds is 5. The summed E-state index contributed by atoms with van der Waals surface area (Å²) in [5, 5.41) is 1.90. The largest absolute Gasteiger partial charge is 0.340 e. The van der Waals surface area contributed by atoms with E-state index >= 15 is 0 Å². The predicted octanol–water partition coefficient (Wildman–Crippen LogP) is 7.55. The highest BCUT2D eigenvalue weighted by atomic mass is 32.2. The number of carbonyl (C=O) groups excluding carboxylic acids is 1. The molecular weight excluding hydrogens is 462 g/mol. The quantitative estimate of drug-likeness (QED) is 0.269. The molecule has 1 aliphatic rings. The molecule has 36 heavy (non-hydrogen) atoms. The molecule has 1 aliphatic heterocycles. The first-order chi connectivity index (χ1) is 17.4. The molecule has 182 valence electrons. The number of aryl methyl sites for hydroxylation is 3. The molecule has 4 aromatic rings. The third-order valence-electron chi connectivity index (χ3n) is 6.76. The summed E-state index contributed by atoms with van der Waals surface area (Å²) in [6.07, 6.45) is 2.06. The number of benzene rings is 3. The molecule has 1 aromatic heterocycles. The van der Waals surface area contributed by atoms with Gasteiger partial charge in [-0.3, -0.25) is 9.69 Å². The van der Waals surface area contributed by atoms with E-state index in [1.807, 2.05) is 6.92 Å². The van der Waals surface area contributed by atoms with Crippen LogP contribution >= 0.6 is 11.8 Å². The van der Waals surface area contributed by atoms with Crippen LogP contribution in [0.3, 0.4) is 0 Å². The lowest BCUT2D eigenvalue weighted by molar-refractivity contribution is -0.122. The van der Waals surface area contributed by atoms with E-state index in [1.54, 1.807) is 4.90 Å². The second kappa shape index (κ2) is 9.82. The topological polar surface area (TPSA) is 37.6 Å². The van der Waals surface area contributed by atoms with Gasteiger partial charge in [-0.1, -0.05) is 60.2 Å². The van der Waals surface area contributed by atoms with Gasteiger partial charge < -0.3 is 4.57 Å². The Labute approximate surface area is 217 Å². The second-order valence-electron chi connectivity index (χ2n) is 9.44. The van der Waals surface area contributed by atoms with Crippen LogP contribution < -0.4 is 0 Å². The van der Waals surface area contributed by atoms with E-state index in [9.17, 15) is 4.79 Å². The summed E-state index contributed by atoms with van der Waals surface area (Å²) in [7, 11) is 0. The molecule has 0 spiro atoms. The standard InChI is InChI=1S/C31H31N3OS/c1-6-33-30(35)29(36-31(33)32-27-17-21(3)14-15-22(27)4)18-26-23(5)34(28-13-8-7-12-25(26)28)19-24-11-9-10-20(2)16-24/h7-18H,6,19H2,1-5H3/b29-18+,32-31?. The van der Waals surface area contributed by atoms with Crippen LogP contribution in [0.1, 0.15) is 40.4 Å². The monoisotopic (exact) mass is 493 g/mol. The molecule has 0 radical (unpaired) electrons. The van der Waals surface area contributed by atoms with Gasteiger partial charge in [0.05, 0.1) is 10.6 Å². The summed E-state index contributed by atoms with van der Waals surface area (Å²) >= 11 is 1.47. The molecule has 1 saturated heterocycles. The van der Waals surface area contributed by atoms with Gasteiger partial charge in [0.2, 0.25) is 0 Å². The molecule has 5 heteroatoms. The summed E-state index contributed by atoms with van der Waals surface area (Å²) < 4.78 is 2.35. The first-order valence-corrected chi connectivity index (χ1v) is 13.2. The highest BCUT2D eigenvalue weighted by Gasteiger charge is 2.33. The fourth-order valence-electron chi connectivity index (χ4n) is 4.78. The van der Waals surface area contributed by atoms with E-state index in [1.165, 1.54) is 28.4 Å². The molecule has 4 nitrogen and oxygen atoms in total. The molecule has 0 bridgehead atoms. The van der Waals surface area contributed by atoms with Crippen molar-refractivity contribution < 1.29 is 4.79 Å². The number of aliphatic imine (C=N–C) groups is 1. The fourth-order valence-corrected chi connectivity index (χ4v) is 5.82. The minimum atomic E-state index is 0.0153. The molecule has 3 aromatic carbocycles. The van der Waals surface area contributed by atoms with Crippen molar-refractivity contribution >= 4 is 45.5 Å². The molecule has 0 aliphatic carbocycles. The summed E-state index contributed by atoms with van der Waals surface area (Å²) in [5.74, 6) is 0.0153. The molecular formula is C31H31N3OS. The smallest absolute Gasteiger partial charge is 0.266 e. The zero-order valence-electron chi connectivity index (χ0n) is 21.5. The Kier molecular flexibility index (Phi) is 6.59. The maximum absolute atomic E-state index is 13.4. The van der Waals surface area contributed by atoms with E-state index < -0.39 is 0 Å². The van der Waals surface area contributed by atoms with Gasteiger partial charge >= 0.3 is 0 Å². The SMILES string of the molecule is CCN1C(=O)/C(=C\c2c(C)n(Cc3cccc(C)c3)c3ccccc23)SC1=Nc1cc(C)ccc1C. The minimum Gasteiger partial charge on any atom is -0.340 e. The first-order valence-electron chi connectivity index (χ1n) is 12.4. The Hall–Kier alpha value is -3.57. The lowest BCUT2D eigenvalue weighted by Gasteiger charge is -2.12. The van der Waals surface area contributed by atoms with Gasteiger partial charge in [-0.15, -0.1) is 0 Å². The van der Waals surface area contributed by atoms with Crippen molar-refractivity contribution in [3.05, 3.63) is 105 Å². The summed E-state index contributed by atoms with van der Waals surface area (Å²) in [4.78, 5) is 20.8. The van der Waals surface area contributed by atoms with Crippen LogP contribution in [-0.4, -0.2) is 27.1 Å². The van der Waals surface area contributed by atoms with E-state index in [4.69, 9.17) is 4.99 Å². The number of carbonyl (C=O) groups is 1. The van der Waals surface area contributed by atoms with Crippen LogP contribution in [0.4, 0.5) is 5.69 Å². The average Bonchev–Trinajstić information content (AvgIpc) is 3.30. The molecule has 0 atom stereocenters. The molecule has 0 unspecified atom stereocenters. The lowest BCUT2D eigenvalue weighted by Crippen LogP contribution is -2.28.